The SMILES string of the molecule is Cl.O=C(NCc1[nH]c(-c2ccccc2)nc1-c1n[nH]c(=O)n1C1CC1)c1ccccc1. The summed E-state index contributed by atoms with van der Waals surface area (Å²) in [4.78, 5) is 32.8. The maximum atomic E-state index is 12.5. The summed E-state index contributed by atoms with van der Waals surface area (Å²) in [5.41, 5.74) is 2.51. The van der Waals surface area contributed by atoms with Crippen LogP contribution in [0.2, 0.25) is 0 Å². The molecule has 9 heteroatoms. The standard InChI is InChI=1S/C22H20N6O2.ClH/c29-21(15-9-5-2-6-10-15)23-13-17-18(20-26-27-22(30)28(20)16-11-12-16)25-19(24-17)14-7-3-1-4-8-14;/h1-10,16H,11-13H2,(H,23,29)(H,24,25)(H,27,30);1H. The number of nitrogens with zero attached hydrogens (tertiary/aromatic N) is 3. The molecule has 1 aliphatic rings. The van der Waals surface area contributed by atoms with Crippen molar-refractivity contribution in [2.75, 3.05) is 0 Å². The minimum Gasteiger partial charge on any atom is -0.346 e. The number of benzene rings is 2. The Balaban J connectivity index is 0.00000231. The van der Waals surface area contributed by atoms with Crippen LogP contribution >= 0.6 is 12.4 Å². The van der Waals surface area contributed by atoms with Crippen molar-refractivity contribution in [2.24, 2.45) is 0 Å². The van der Waals surface area contributed by atoms with Gasteiger partial charge in [0, 0.05) is 17.2 Å². The molecule has 0 unspecified atom stereocenters. The number of amides is 1. The number of hydrogen-bond acceptors (Lipinski definition) is 4. The molecule has 0 bridgehead atoms. The third-order valence-corrected chi connectivity index (χ3v) is 5.12. The van der Waals surface area contributed by atoms with Crippen LogP contribution in [0.3, 0.4) is 0 Å². The van der Waals surface area contributed by atoms with Crippen LogP contribution in [0.15, 0.2) is 65.5 Å². The van der Waals surface area contributed by atoms with Gasteiger partial charge in [-0.3, -0.25) is 9.36 Å². The first-order valence-electron chi connectivity index (χ1n) is 9.85. The van der Waals surface area contributed by atoms with Gasteiger partial charge in [-0.1, -0.05) is 48.5 Å². The molecule has 31 heavy (non-hydrogen) atoms. The average molecular weight is 437 g/mol. The van der Waals surface area contributed by atoms with Crippen molar-refractivity contribution in [3.63, 3.8) is 0 Å². The smallest absolute Gasteiger partial charge is 0.343 e. The van der Waals surface area contributed by atoms with E-state index in [0.717, 1.165) is 18.4 Å². The minimum atomic E-state index is -0.240. The number of halogens is 1. The summed E-state index contributed by atoms with van der Waals surface area (Å²) in [5, 5.41) is 9.70. The Bertz CT molecular complexity index is 1240. The van der Waals surface area contributed by atoms with Crippen LogP contribution in [-0.2, 0) is 6.54 Å². The normalized spacial score (nSPS) is 12.9. The average Bonchev–Trinajstić information content (AvgIpc) is 3.42. The van der Waals surface area contributed by atoms with Gasteiger partial charge in [0.2, 0.25) is 0 Å². The number of hydrogen-bond donors (Lipinski definition) is 3. The van der Waals surface area contributed by atoms with Gasteiger partial charge in [0.15, 0.2) is 5.82 Å². The van der Waals surface area contributed by atoms with Crippen molar-refractivity contribution in [1.29, 1.82) is 0 Å². The lowest BCUT2D eigenvalue weighted by Gasteiger charge is -2.06. The lowest BCUT2D eigenvalue weighted by atomic mass is 10.2. The molecular formula is C22H21ClN6O2. The molecule has 0 saturated heterocycles. The molecule has 0 atom stereocenters. The van der Waals surface area contributed by atoms with E-state index in [1.807, 2.05) is 48.5 Å². The number of aromatic amines is 2. The molecule has 2 aromatic heterocycles. The van der Waals surface area contributed by atoms with Crippen molar-refractivity contribution < 1.29 is 4.79 Å². The Hall–Kier alpha value is -3.65. The van der Waals surface area contributed by atoms with Crippen molar-refractivity contribution in [1.82, 2.24) is 30.0 Å². The van der Waals surface area contributed by atoms with Crippen LogP contribution in [0.25, 0.3) is 22.9 Å². The molecule has 3 N–H and O–H groups in total. The minimum absolute atomic E-state index is 0. The summed E-state index contributed by atoms with van der Waals surface area (Å²) in [7, 11) is 0. The number of carbonyl (C=O) groups is 1. The van der Waals surface area contributed by atoms with Crippen LogP contribution in [0.5, 0.6) is 0 Å². The molecule has 2 heterocycles. The van der Waals surface area contributed by atoms with Crippen LogP contribution in [0.4, 0.5) is 0 Å². The van der Waals surface area contributed by atoms with Gasteiger partial charge in [-0.15, -0.1) is 12.4 Å². The van der Waals surface area contributed by atoms with Gasteiger partial charge in [-0.25, -0.2) is 14.9 Å². The molecule has 158 valence electrons. The zero-order valence-corrected chi connectivity index (χ0v) is 17.4. The molecule has 1 amide bonds. The Morgan fingerprint density at radius 2 is 1.74 bits per heavy atom. The summed E-state index contributed by atoms with van der Waals surface area (Å²) < 4.78 is 1.66. The van der Waals surface area contributed by atoms with E-state index in [1.54, 1.807) is 16.7 Å². The zero-order chi connectivity index (χ0) is 20.5. The van der Waals surface area contributed by atoms with Crippen LogP contribution in [0, 0.1) is 0 Å². The Kier molecular flexibility index (Phi) is 5.73. The molecular weight excluding hydrogens is 416 g/mol. The molecule has 0 aliphatic heterocycles. The highest BCUT2D eigenvalue weighted by molar-refractivity contribution is 5.94. The fraction of sp³-hybridized carbons (Fsp3) is 0.182. The van der Waals surface area contributed by atoms with Crippen molar-refractivity contribution in [3.8, 4) is 22.9 Å². The Morgan fingerprint density at radius 1 is 1.06 bits per heavy atom. The van der Waals surface area contributed by atoms with Crippen molar-refractivity contribution in [3.05, 3.63) is 82.4 Å². The molecule has 4 aromatic rings. The van der Waals surface area contributed by atoms with E-state index in [4.69, 9.17) is 4.98 Å². The highest BCUT2D eigenvalue weighted by atomic mass is 35.5. The molecule has 8 nitrogen and oxygen atoms in total. The quantitative estimate of drug-likeness (QED) is 0.430. The number of carbonyl (C=O) groups excluding carboxylic acids is 1. The van der Waals surface area contributed by atoms with Gasteiger partial charge in [0.1, 0.15) is 11.5 Å². The third kappa shape index (κ3) is 4.15. The fourth-order valence-electron chi connectivity index (χ4n) is 3.46. The Morgan fingerprint density at radius 3 is 2.42 bits per heavy atom. The second-order valence-electron chi connectivity index (χ2n) is 7.28. The highest BCUT2D eigenvalue weighted by Gasteiger charge is 2.31. The van der Waals surface area contributed by atoms with E-state index >= 15 is 0 Å². The second kappa shape index (κ2) is 8.61. The second-order valence-corrected chi connectivity index (χ2v) is 7.28. The molecule has 1 fully saturated rings. The summed E-state index contributed by atoms with van der Waals surface area (Å²) in [6.45, 7) is 0.231. The topological polar surface area (TPSA) is 108 Å². The number of rotatable bonds is 6. The third-order valence-electron chi connectivity index (χ3n) is 5.12. The molecule has 1 aliphatic carbocycles. The fourth-order valence-corrected chi connectivity index (χ4v) is 3.46. The van der Waals surface area contributed by atoms with Crippen molar-refractivity contribution in [2.45, 2.75) is 25.4 Å². The lowest BCUT2D eigenvalue weighted by Crippen LogP contribution is -2.23. The summed E-state index contributed by atoms with van der Waals surface area (Å²) in [6, 6.07) is 18.9. The van der Waals surface area contributed by atoms with E-state index in [2.05, 4.69) is 20.5 Å². The van der Waals surface area contributed by atoms with Crippen LogP contribution in [0.1, 0.15) is 34.9 Å². The van der Waals surface area contributed by atoms with Crippen LogP contribution < -0.4 is 11.0 Å². The van der Waals surface area contributed by atoms with Gasteiger partial charge >= 0.3 is 5.69 Å². The zero-order valence-electron chi connectivity index (χ0n) is 16.5. The first-order valence-corrected chi connectivity index (χ1v) is 9.85. The molecule has 2 aromatic carbocycles. The van der Waals surface area contributed by atoms with Gasteiger partial charge in [0.25, 0.3) is 5.91 Å². The van der Waals surface area contributed by atoms with Gasteiger partial charge in [-0.05, 0) is 25.0 Å². The summed E-state index contributed by atoms with van der Waals surface area (Å²) in [6.07, 6.45) is 1.89. The van der Waals surface area contributed by atoms with E-state index in [9.17, 15) is 9.59 Å². The number of imidazole rings is 1. The van der Waals surface area contributed by atoms with Gasteiger partial charge in [0.05, 0.1) is 12.2 Å². The lowest BCUT2D eigenvalue weighted by molar-refractivity contribution is 0.0950. The first-order chi connectivity index (χ1) is 14.7. The maximum absolute atomic E-state index is 12.5. The predicted octanol–water partition coefficient (Wildman–Crippen LogP) is 3.32. The maximum Gasteiger partial charge on any atom is 0.343 e. The van der Waals surface area contributed by atoms with E-state index in [0.29, 0.717) is 28.6 Å². The Labute approximate surface area is 184 Å². The van der Waals surface area contributed by atoms with Crippen LogP contribution in [-0.4, -0.2) is 30.6 Å². The summed E-state index contributed by atoms with van der Waals surface area (Å²) in [5.74, 6) is 0.969. The largest absolute Gasteiger partial charge is 0.346 e. The van der Waals surface area contributed by atoms with E-state index in [1.165, 1.54) is 0 Å². The van der Waals surface area contributed by atoms with Gasteiger partial charge in [-0.2, -0.15) is 5.10 Å². The van der Waals surface area contributed by atoms with Gasteiger partial charge < -0.3 is 10.3 Å². The summed E-state index contributed by atoms with van der Waals surface area (Å²) >= 11 is 0. The molecule has 5 rings (SSSR count). The highest BCUT2D eigenvalue weighted by Crippen LogP contribution is 2.37. The monoisotopic (exact) mass is 436 g/mol. The number of nitrogens with one attached hydrogen (secondary N) is 3. The first kappa shape index (κ1) is 20.6. The number of aromatic nitrogens is 5. The predicted molar refractivity (Wildman–Crippen MR) is 119 cm³/mol. The molecule has 0 radical (unpaired) electrons. The van der Waals surface area contributed by atoms with E-state index in [-0.39, 0.29) is 36.6 Å². The van der Waals surface area contributed by atoms with E-state index < -0.39 is 0 Å². The number of H-pyrrole nitrogens is 2. The molecule has 0 spiro atoms. The van der Waals surface area contributed by atoms with Crippen molar-refractivity contribution >= 4 is 18.3 Å². The molecule has 1 saturated carbocycles.